The molecule has 0 fully saturated rings. The normalized spacial score (nSPS) is 13.5. The Morgan fingerprint density at radius 2 is 2.17 bits per heavy atom. The number of nitrogens with one attached hydrogen (secondary N) is 1. The Hall–Kier alpha value is -2.80. The van der Waals surface area contributed by atoms with Crippen molar-refractivity contribution in [2.24, 2.45) is 5.73 Å². The highest BCUT2D eigenvalue weighted by atomic mass is 16.7. The summed E-state index contributed by atoms with van der Waals surface area (Å²) in [7, 11) is 0. The average Bonchev–Trinajstić information content (AvgIpc) is 3.09. The second-order valence-corrected chi connectivity index (χ2v) is 5.40. The van der Waals surface area contributed by atoms with E-state index in [2.05, 4.69) is 10.3 Å². The minimum atomic E-state index is -0.428. The molecule has 1 atom stereocenters. The average molecular weight is 329 g/mol. The van der Waals surface area contributed by atoms with Gasteiger partial charge in [-0.05, 0) is 25.1 Å². The standard InChI is InChI=1S/C17H19N3O4/c1-11(17(18)21)20-8-12-5-6-14(16-15(12)23-10-24-16)22-9-13-4-2-3-7-19-13/h2-7,11,20H,8-10H2,1H3,(H2,18,21)/t11-/m0/s1. The number of amides is 1. The van der Waals surface area contributed by atoms with Crippen molar-refractivity contribution in [3.63, 3.8) is 0 Å². The Labute approximate surface area is 139 Å². The number of benzene rings is 1. The van der Waals surface area contributed by atoms with E-state index in [1.54, 1.807) is 13.1 Å². The number of nitrogens with zero attached hydrogens (tertiary/aromatic N) is 1. The van der Waals surface area contributed by atoms with E-state index >= 15 is 0 Å². The summed E-state index contributed by atoms with van der Waals surface area (Å²) in [5, 5.41) is 3.04. The Balaban J connectivity index is 1.71. The number of nitrogens with two attached hydrogens (primary N) is 1. The van der Waals surface area contributed by atoms with Crippen molar-refractivity contribution in [3.8, 4) is 17.2 Å². The van der Waals surface area contributed by atoms with Crippen molar-refractivity contribution in [2.75, 3.05) is 6.79 Å². The van der Waals surface area contributed by atoms with Crippen LogP contribution in [0.2, 0.25) is 0 Å². The van der Waals surface area contributed by atoms with E-state index in [0.29, 0.717) is 30.4 Å². The van der Waals surface area contributed by atoms with E-state index in [-0.39, 0.29) is 6.79 Å². The quantitative estimate of drug-likeness (QED) is 0.796. The molecule has 1 aromatic heterocycles. The van der Waals surface area contributed by atoms with Gasteiger partial charge in [-0.1, -0.05) is 12.1 Å². The molecule has 1 amide bonds. The second-order valence-electron chi connectivity index (χ2n) is 5.40. The van der Waals surface area contributed by atoms with Crippen LogP contribution in [0.3, 0.4) is 0 Å². The van der Waals surface area contributed by atoms with Gasteiger partial charge in [-0.25, -0.2) is 0 Å². The first kappa shape index (κ1) is 16.1. The van der Waals surface area contributed by atoms with Gasteiger partial charge in [0.15, 0.2) is 11.5 Å². The molecule has 2 aromatic rings. The van der Waals surface area contributed by atoms with Gasteiger partial charge in [0.25, 0.3) is 0 Å². The predicted octanol–water partition coefficient (Wildman–Crippen LogP) is 1.35. The fourth-order valence-electron chi connectivity index (χ4n) is 2.28. The van der Waals surface area contributed by atoms with Gasteiger partial charge in [-0.2, -0.15) is 0 Å². The highest BCUT2D eigenvalue weighted by molar-refractivity contribution is 5.79. The van der Waals surface area contributed by atoms with Gasteiger partial charge < -0.3 is 25.3 Å². The zero-order valence-electron chi connectivity index (χ0n) is 13.3. The smallest absolute Gasteiger partial charge is 0.234 e. The first-order chi connectivity index (χ1) is 11.6. The molecule has 1 aliphatic heterocycles. The third-order valence-corrected chi connectivity index (χ3v) is 3.69. The molecule has 0 radical (unpaired) electrons. The van der Waals surface area contributed by atoms with Crippen molar-refractivity contribution in [2.45, 2.75) is 26.1 Å². The molecule has 0 bridgehead atoms. The monoisotopic (exact) mass is 329 g/mol. The maximum absolute atomic E-state index is 11.1. The van der Waals surface area contributed by atoms with E-state index in [9.17, 15) is 4.79 Å². The van der Waals surface area contributed by atoms with Gasteiger partial charge in [0.2, 0.25) is 18.4 Å². The van der Waals surface area contributed by atoms with Gasteiger partial charge in [0, 0.05) is 18.3 Å². The SMILES string of the molecule is C[C@H](NCc1ccc(OCc2ccccn2)c2c1OCO2)C(N)=O. The summed E-state index contributed by atoms with van der Waals surface area (Å²) in [6.45, 7) is 2.63. The fourth-order valence-corrected chi connectivity index (χ4v) is 2.28. The summed E-state index contributed by atoms with van der Waals surface area (Å²) >= 11 is 0. The first-order valence-electron chi connectivity index (χ1n) is 7.62. The van der Waals surface area contributed by atoms with E-state index < -0.39 is 11.9 Å². The number of carbonyl (C=O) groups excluding carboxylic acids is 1. The molecular formula is C17H19N3O4. The molecule has 126 valence electrons. The van der Waals surface area contributed by atoms with Crippen LogP contribution in [0.5, 0.6) is 17.2 Å². The van der Waals surface area contributed by atoms with Crippen molar-refractivity contribution in [1.29, 1.82) is 0 Å². The van der Waals surface area contributed by atoms with Crippen molar-refractivity contribution in [3.05, 3.63) is 47.8 Å². The van der Waals surface area contributed by atoms with Crippen LogP contribution in [0.15, 0.2) is 36.5 Å². The zero-order valence-corrected chi connectivity index (χ0v) is 13.3. The first-order valence-corrected chi connectivity index (χ1v) is 7.62. The molecule has 7 nitrogen and oxygen atoms in total. The number of pyridine rings is 1. The highest BCUT2D eigenvalue weighted by Crippen LogP contribution is 2.43. The Morgan fingerprint density at radius 1 is 1.33 bits per heavy atom. The number of hydrogen-bond donors (Lipinski definition) is 2. The number of carbonyl (C=O) groups is 1. The van der Waals surface area contributed by atoms with Crippen LogP contribution < -0.4 is 25.3 Å². The molecule has 24 heavy (non-hydrogen) atoms. The van der Waals surface area contributed by atoms with Gasteiger partial charge in [0.1, 0.15) is 6.61 Å². The molecule has 0 saturated carbocycles. The van der Waals surface area contributed by atoms with Crippen molar-refractivity contribution in [1.82, 2.24) is 10.3 Å². The molecule has 7 heteroatoms. The van der Waals surface area contributed by atoms with Crippen molar-refractivity contribution >= 4 is 5.91 Å². The number of primary amides is 1. The number of fused-ring (bicyclic) bond motifs is 1. The van der Waals surface area contributed by atoms with Gasteiger partial charge in [0.05, 0.1) is 11.7 Å². The maximum atomic E-state index is 11.1. The molecule has 0 aliphatic carbocycles. The lowest BCUT2D eigenvalue weighted by atomic mass is 10.1. The van der Waals surface area contributed by atoms with Crippen LogP contribution in [0, 0.1) is 0 Å². The molecular weight excluding hydrogens is 310 g/mol. The number of aromatic nitrogens is 1. The molecule has 1 aliphatic rings. The van der Waals surface area contributed by atoms with Crippen LogP contribution in [-0.2, 0) is 17.9 Å². The largest absolute Gasteiger partial charge is 0.483 e. The summed E-state index contributed by atoms with van der Waals surface area (Å²) < 4.78 is 16.9. The van der Waals surface area contributed by atoms with E-state index in [0.717, 1.165) is 11.3 Å². The Kier molecular flexibility index (Phi) is 4.81. The predicted molar refractivity (Wildman–Crippen MR) is 86.6 cm³/mol. The van der Waals surface area contributed by atoms with Crippen LogP contribution in [-0.4, -0.2) is 23.7 Å². The summed E-state index contributed by atoms with van der Waals surface area (Å²) in [4.78, 5) is 15.3. The molecule has 0 spiro atoms. The lowest BCUT2D eigenvalue weighted by Gasteiger charge is -2.13. The van der Waals surface area contributed by atoms with Gasteiger partial charge >= 0.3 is 0 Å². The molecule has 0 saturated heterocycles. The number of ether oxygens (including phenoxy) is 3. The molecule has 3 N–H and O–H groups in total. The van der Waals surface area contributed by atoms with Gasteiger partial charge in [-0.3, -0.25) is 9.78 Å². The molecule has 1 aromatic carbocycles. The molecule has 0 unspecified atom stereocenters. The minimum absolute atomic E-state index is 0.137. The molecule has 2 heterocycles. The molecule has 3 rings (SSSR count). The maximum Gasteiger partial charge on any atom is 0.234 e. The number of hydrogen-bond acceptors (Lipinski definition) is 6. The van der Waals surface area contributed by atoms with E-state index in [4.69, 9.17) is 19.9 Å². The van der Waals surface area contributed by atoms with E-state index in [1.165, 1.54) is 0 Å². The Morgan fingerprint density at radius 3 is 2.92 bits per heavy atom. The third kappa shape index (κ3) is 3.57. The van der Waals surface area contributed by atoms with Crippen LogP contribution in [0.1, 0.15) is 18.2 Å². The third-order valence-electron chi connectivity index (χ3n) is 3.69. The van der Waals surface area contributed by atoms with Crippen LogP contribution >= 0.6 is 0 Å². The second kappa shape index (κ2) is 7.18. The van der Waals surface area contributed by atoms with Crippen LogP contribution in [0.4, 0.5) is 0 Å². The Bertz CT molecular complexity index is 721. The minimum Gasteiger partial charge on any atom is -0.483 e. The fraction of sp³-hybridized carbons (Fsp3) is 0.294. The van der Waals surface area contributed by atoms with Crippen LogP contribution in [0.25, 0.3) is 0 Å². The summed E-state index contributed by atoms with van der Waals surface area (Å²) in [5.74, 6) is 1.38. The number of rotatable bonds is 7. The topological polar surface area (TPSA) is 95.7 Å². The lowest BCUT2D eigenvalue weighted by molar-refractivity contribution is -0.119. The van der Waals surface area contributed by atoms with E-state index in [1.807, 2.05) is 30.3 Å². The van der Waals surface area contributed by atoms with Crippen molar-refractivity contribution < 1.29 is 19.0 Å². The highest BCUT2D eigenvalue weighted by Gasteiger charge is 2.23. The lowest BCUT2D eigenvalue weighted by Crippen LogP contribution is -2.38. The summed E-state index contributed by atoms with van der Waals surface area (Å²) in [6.07, 6.45) is 1.72. The summed E-state index contributed by atoms with van der Waals surface area (Å²) in [6, 6.07) is 8.92. The zero-order chi connectivity index (χ0) is 16.9. The summed E-state index contributed by atoms with van der Waals surface area (Å²) in [5.41, 5.74) is 6.95. The van der Waals surface area contributed by atoms with Gasteiger partial charge in [-0.15, -0.1) is 0 Å².